The van der Waals surface area contributed by atoms with Crippen LogP contribution >= 0.6 is 11.6 Å². The van der Waals surface area contributed by atoms with Crippen molar-refractivity contribution in [3.63, 3.8) is 0 Å². The van der Waals surface area contributed by atoms with Crippen molar-refractivity contribution in [2.45, 2.75) is 19.5 Å². The molecule has 8 heteroatoms. The van der Waals surface area contributed by atoms with Crippen molar-refractivity contribution in [1.82, 2.24) is 19.9 Å². The van der Waals surface area contributed by atoms with E-state index >= 15 is 0 Å². The number of fused-ring (bicyclic) bond motifs is 2. The second-order valence-electron chi connectivity index (χ2n) is 7.28. The lowest BCUT2D eigenvalue weighted by molar-refractivity contribution is 0.241. The molecule has 2 N–H and O–H groups in total. The summed E-state index contributed by atoms with van der Waals surface area (Å²) < 4.78 is 5.67. The van der Waals surface area contributed by atoms with Crippen molar-refractivity contribution >= 4 is 28.5 Å². The van der Waals surface area contributed by atoms with E-state index in [-0.39, 0.29) is 11.3 Å². The summed E-state index contributed by atoms with van der Waals surface area (Å²) in [6, 6.07) is 8.76. The third kappa shape index (κ3) is 3.42. The molecule has 0 saturated heterocycles. The Kier molecular flexibility index (Phi) is 4.69. The first-order valence-electron chi connectivity index (χ1n) is 9.57. The highest BCUT2D eigenvalue weighted by molar-refractivity contribution is 6.31. The second-order valence-corrected chi connectivity index (χ2v) is 7.72. The number of aromatic nitrogens is 3. The number of hydrogen-bond acceptors (Lipinski definition) is 7. The highest BCUT2D eigenvalue weighted by atomic mass is 35.5. The van der Waals surface area contributed by atoms with Crippen LogP contribution in [0.2, 0.25) is 5.02 Å². The number of pyridine rings is 1. The Hall–Kier alpha value is -3.29. The molecule has 5 rings (SSSR count). The molecular weight excluding hydrogens is 402 g/mol. The predicted molar refractivity (Wildman–Crippen MR) is 115 cm³/mol. The van der Waals surface area contributed by atoms with Gasteiger partial charge in [0.25, 0.3) is 0 Å². The van der Waals surface area contributed by atoms with Gasteiger partial charge in [0.2, 0.25) is 0 Å². The lowest BCUT2D eigenvalue weighted by Gasteiger charge is -2.28. The minimum Gasteiger partial charge on any atom is -0.440 e. The van der Waals surface area contributed by atoms with Gasteiger partial charge in [-0.3, -0.25) is 14.7 Å². The molecule has 0 unspecified atom stereocenters. The Balaban J connectivity index is 1.41. The average Bonchev–Trinajstić information content (AvgIpc) is 2.77. The Morgan fingerprint density at radius 2 is 2.13 bits per heavy atom. The van der Waals surface area contributed by atoms with Crippen LogP contribution in [0.1, 0.15) is 16.8 Å². The van der Waals surface area contributed by atoms with Crippen LogP contribution in [0.5, 0.6) is 0 Å². The summed E-state index contributed by atoms with van der Waals surface area (Å²) in [4.78, 5) is 28.4. The van der Waals surface area contributed by atoms with E-state index in [9.17, 15) is 4.79 Å². The molecule has 0 amide bonds. The van der Waals surface area contributed by atoms with Gasteiger partial charge in [-0.05, 0) is 30.3 Å². The summed E-state index contributed by atoms with van der Waals surface area (Å²) in [5.41, 5.74) is 9.75. The average molecular weight is 420 g/mol. The molecule has 7 nitrogen and oxygen atoms in total. The summed E-state index contributed by atoms with van der Waals surface area (Å²) in [6.45, 7) is 1.78. The van der Waals surface area contributed by atoms with Crippen molar-refractivity contribution in [2.75, 3.05) is 12.3 Å². The number of anilines is 1. The maximum absolute atomic E-state index is 13.0. The summed E-state index contributed by atoms with van der Waals surface area (Å²) in [7, 11) is 0. The maximum atomic E-state index is 13.0. The van der Waals surface area contributed by atoms with Crippen molar-refractivity contribution in [3.8, 4) is 11.4 Å². The molecule has 4 aromatic rings. The highest BCUT2D eigenvalue weighted by Gasteiger charge is 2.22. The molecule has 0 bridgehead atoms. The lowest BCUT2D eigenvalue weighted by atomic mass is 10.1. The summed E-state index contributed by atoms with van der Waals surface area (Å²) in [5, 5.41) is 0.924. The highest BCUT2D eigenvalue weighted by Crippen LogP contribution is 2.25. The quantitative estimate of drug-likeness (QED) is 0.543. The summed E-state index contributed by atoms with van der Waals surface area (Å²) >= 11 is 6.05. The van der Waals surface area contributed by atoms with Gasteiger partial charge >= 0.3 is 0 Å². The summed E-state index contributed by atoms with van der Waals surface area (Å²) in [6.07, 6.45) is 6.09. The minimum absolute atomic E-state index is 0.142. The molecule has 0 saturated carbocycles. The number of benzene rings is 1. The van der Waals surface area contributed by atoms with E-state index in [4.69, 9.17) is 26.7 Å². The number of hydrogen-bond donors (Lipinski definition) is 1. The second kappa shape index (κ2) is 7.51. The molecule has 1 aliphatic rings. The molecule has 0 fully saturated rings. The molecule has 4 heterocycles. The third-order valence-corrected chi connectivity index (χ3v) is 5.53. The van der Waals surface area contributed by atoms with Gasteiger partial charge in [0.05, 0.1) is 16.6 Å². The molecule has 150 valence electrons. The molecule has 1 aromatic carbocycles. The van der Waals surface area contributed by atoms with Gasteiger partial charge in [0, 0.05) is 60.8 Å². The zero-order chi connectivity index (χ0) is 20.7. The van der Waals surface area contributed by atoms with E-state index in [1.54, 1.807) is 30.6 Å². The molecule has 0 aliphatic carbocycles. The van der Waals surface area contributed by atoms with Crippen LogP contribution in [0, 0.1) is 0 Å². The van der Waals surface area contributed by atoms with Crippen LogP contribution in [-0.4, -0.2) is 26.4 Å². The van der Waals surface area contributed by atoms with Crippen LogP contribution < -0.4 is 11.2 Å². The van der Waals surface area contributed by atoms with Crippen LogP contribution in [0.25, 0.3) is 22.4 Å². The SMILES string of the molecule is Nc1oc2ccc(Cl)cc2c(=O)c1CN1CCc2nc(-c3cccnc3)ncc2C1. The van der Waals surface area contributed by atoms with Gasteiger partial charge in [0.1, 0.15) is 5.58 Å². The van der Waals surface area contributed by atoms with E-state index < -0.39 is 0 Å². The first-order chi connectivity index (χ1) is 14.6. The van der Waals surface area contributed by atoms with Crippen LogP contribution in [0.4, 0.5) is 5.88 Å². The topological polar surface area (TPSA) is 98.1 Å². The lowest BCUT2D eigenvalue weighted by Crippen LogP contribution is -2.33. The van der Waals surface area contributed by atoms with E-state index in [2.05, 4.69) is 14.9 Å². The number of rotatable bonds is 3. The fourth-order valence-corrected chi connectivity index (χ4v) is 3.91. The Bertz CT molecular complexity index is 1310. The van der Waals surface area contributed by atoms with Crippen molar-refractivity contribution in [1.29, 1.82) is 0 Å². The molecule has 0 radical (unpaired) electrons. The molecule has 0 spiro atoms. The first kappa shape index (κ1) is 18.7. The molecule has 3 aromatic heterocycles. The Labute approximate surface area is 177 Å². The van der Waals surface area contributed by atoms with Gasteiger partial charge in [-0.15, -0.1) is 0 Å². The maximum Gasteiger partial charge on any atom is 0.199 e. The van der Waals surface area contributed by atoms with Gasteiger partial charge in [0.15, 0.2) is 17.1 Å². The smallest absolute Gasteiger partial charge is 0.199 e. The van der Waals surface area contributed by atoms with Gasteiger partial charge in [-0.25, -0.2) is 9.97 Å². The van der Waals surface area contributed by atoms with Crippen molar-refractivity contribution < 1.29 is 4.42 Å². The predicted octanol–water partition coefficient (Wildman–Crippen LogP) is 3.44. The van der Waals surface area contributed by atoms with E-state index in [1.807, 2.05) is 18.3 Å². The Morgan fingerprint density at radius 3 is 2.97 bits per heavy atom. The largest absolute Gasteiger partial charge is 0.440 e. The normalized spacial score (nSPS) is 14.0. The first-order valence-corrected chi connectivity index (χ1v) is 9.94. The number of nitrogen functional groups attached to an aromatic ring is 1. The summed E-state index contributed by atoms with van der Waals surface area (Å²) in [5.74, 6) is 0.815. The molecule has 30 heavy (non-hydrogen) atoms. The number of nitrogens with zero attached hydrogens (tertiary/aromatic N) is 4. The number of halogens is 1. The zero-order valence-electron chi connectivity index (χ0n) is 16.0. The van der Waals surface area contributed by atoms with E-state index in [1.165, 1.54) is 0 Å². The molecule has 0 atom stereocenters. The van der Waals surface area contributed by atoms with Gasteiger partial charge < -0.3 is 10.2 Å². The Morgan fingerprint density at radius 1 is 1.23 bits per heavy atom. The van der Waals surface area contributed by atoms with Gasteiger partial charge in [-0.1, -0.05) is 11.6 Å². The van der Waals surface area contributed by atoms with Crippen LogP contribution in [0.3, 0.4) is 0 Å². The van der Waals surface area contributed by atoms with Crippen LogP contribution in [0.15, 0.2) is 58.1 Å². The van der Waals surface area contributed by atoms with Crippen LogP contribution in [-0.2, 0) is 19.5 Å². The fourth-order valence-electron chi connectivity index (χ4n) is 3.74. The minimum atomic E-state index is -0.148. The number of nitrogens with two attached hydrogens (primary N) is 1. The standard InChI is InChI=1S/C22H18ClN5O2/c23-15-3-4-19-16(8-15)20(29)17(21(24)30-19)12-28-7-5-18-14(11-28)10-26-22(27-18)13-2-1-6-25-9-13/h1-4,6,8-10H,5,7,11-12,24H2. The monoisotopic (exact) mass is 419 g/mol. The van der Waals surface area contributed by atoms with E-state index in [0.29, 0.717) is 40.5 Å². The fraction of sp³-hybridized carbons (Fsp3) is 0.182. The third-order valence-electron chi connectivity index (χ3n) is 5.29. The van der Waals surface area contributed by atoms with Crippen molar-refractivity contribution in [3.05, 3.63) is 81.0 Å². The molecular formula is C22H18ClN5O2. The molecule has 1 aliphatic heterocycles. The van der Waals surface area contributed by atoms with Gasteiger partial charge in [-0.2, -0.15) is 0 Å². The zero-order valence-corrected chi connectivity index (χ0v) is 16.8. The van der Waals surface area contributed by atoms with Crippen molar-refractivity contribution in [2.24, 2.45) is 0 Å². The van der Waals surface area contributed by atoms with E-state index in [0.717, 1.165) is 29.8 Å².